The number of hydrogen-bond acceptors (Lipinski definition) is 5. The topological polar surface area (TPSA) is 130 Å². The smallest absolute Gasteiger partial charge is 0.286 e. The summed E-state index contributed by atoms with van der Waals surface area (Å²) in [4.78, 5) is 47.3. The highest BCUT2D eigenvalue weighted by Crippen LogP contribution is 2.18. The zero-order valence-electron chi connectivity index (χ0n) is 17.2. The van der Waals surface area contributed by atoms with Gasteiger partial charge in [0.2, 0.25) is 0 Å². The van der Waals surface area contributed by atoms with E-state index in [1.54, 1.807) is 6.07 Å². The van der Waals surface area contributed by atoms with E-state index in [0.29, 0.717) is 12.1 Å². The van der Waals surface area contributed by atoms with Gasteiger partial charge in [-0.05, 0) is 31.9 Å². The standard InChI is InChI=1S/C22H22N4O5/c1-14-10-18(15(2)25(14)9-8-16-6-4-3-5-7-16)20(27)13-24-12-17(26(30)31)11-19(21(23)28)22(24)29/h3-7,10-12H,8-9,13H2,1-2H3,(H2,23,28). The van der Waals surface area contributed by atoms with E-state index in [1.165, 1.54) is 5.56 Å². The minimum atomic E-state index is -1.09. The molecule has 3 rings (SSSR count). The summed E-state index contributed by atoms with van der Waals surface area (Å²) in [6, 6.07) is 12.5. The first-order valence-electron chi connectivity index (χ1n) is 9.61. The van der Waals surface area contributed by atoms with Crippen molar-refractivity contribution >= 4 is 17.4 Å². The van der Waals surface area contributed by atoms with Crippen LogP contribution in [0.2, 0.25) is 0 Å². The maximum absolute atomic E-state index is 12.9. The molecule has 2 heterocycles. The Morgan fingerprint density at radius 2 is 1.77 bits per heavy atom. The van der Waals surface area contributed by atoms with Gasteiger partial charge in [-0.25, -0.2) is 0 Å². The van der Waals surface area contributed by atoms with E-state index < -0.39 is 40.0 Å². The minimum Gasteiger partial charge on any atom is -0.365 e. The molecule has 9 heteroatoms. The second kappa shape index (κ2) is 8.78. The van der Waals surface area contributed by atoms with Crippen molar-refractivity contribution in [1.82, 2.24) is 9.13 Å². The second-order valence-corrected chi connectivity index (χ2v) is 7.26. The summed E-state index contributed by atoms with van der Waals surface area (Å²) >= 11 is 0. The monoisotopic (exact) mass is 422 g/mol. The van der Waals surface area contributed by atoms with Crippen molar-refractivity contribution in [2.75, 3.05) is 0 Å². The number of ketones is 1. The molecule has 2 N–H and O–H groups in total. The highest BCUT2D eigenvalue weighted by Gasteiger charge is 2.21. The molecule has 3 aromatic rings. The van der Waals surface area contributed by atoms with Gasteiger partial charge in [0.05, 0.1) is 17.7 Å². The maximum Gasteiger partial charge on any atom is 0.286 e. The molecule has 0 bridgehead atoms. The quantitative estimate of drug-likeness (QED) is 0.338. The summed E-state index contributed by atoms with van der Waals surface area (Å²) in [7, 11) is 0. The number of pyridine rings is 1. The number of amides is 1. The summed E-state index contributed by atoms with van der Waals surface area (Å²) in [5.41, 5.74) is 6.52. The molecule has 0 aliphatic carbocycles. The van der Waals surface area contributed by atoms with Gasteiger partial charge in [-0.3, -0.25) is 24.5 Å². The summed E-state index contributed by atoms with van der Waals surface area (Å²) in [5.74, 6) is -1.48. The first-order valence-corrected chi connectivity index (χ1v) is 9.61. The minimum absolute atomic E-state index is 0.392. The normalized spacial score (nSPS) is 10.8. The van der Waals surface area contributed by atoms with Crippen molar-refractivity contribution < 1.29 is 14.5 Å². The van der Waals surface area contributed by atoms with Crippen molar-refractivity contribution in [3.63, 3.8) is 0 Å². The van der Waals surface area contributed by atoms with E-state index in [9.17, 15) is 24.5 Å². The average Bonchev–Trinajstić information content (AvgIpc) is 3.01. The molecular weight excluding hydrogens is 400 g/mol. The summed E-state index contributed by atoms with van der Waals surface area (Å²) in [6.07, 6.45) is 1.73. The molecule has 0 saturated heterocycles. The van der Waals surface area contributed by atoms with Crippen LogP contribution in [0.1, 0.15) is 37.7 Å². The number of carbonyl (C=O) groups excluding carboxylic acids is 2. The third-order valence-electron chi connectivity index (χ3n) is 5.20. The average molecular weight is 422 g/mol. The van der Waals surface area contributed by atoms with Gasteiger partial charge >= 0.3 is 0 Å². The zero-order chi connectivity index (χ0) is 22.7. The fourth-order valence-corrected chi connectivity index (χ4v) is 3.57. The van der Waals surface area contributed by atoms with Crippen molar-refractivity contribution in [2.45, 2.75) is 33.4 Å². The Morgan fingerprint density at radius 1 is 1.10 bits per heavy atom. The number of primary amides is 1. The molecule has 2 aromatic heterocycles. The molecule has 160 valence electrons. The van der Waals surface area contributed by atoms with E-state index in [-0.39, 0.29) is 0 Å². The molecule has 9 nitrogen and oxygen atoms in total. The van der Waals surface area contributed by atoms with Crippen LogP contribution in [0.15, 0.2) is 53.5 Å². The highest BCUT2D eigenvalue weighted by molar-refractivity contribution is 5.97. The van der Waals surface area contributed by atoms with Gasteiger partial charge in [0.1, 0.15) is 5.56 Å². The van der Waals surface area contributed by atoms with Crippen LogP contribution in [0.3, 0.4) is 0 Å². The van der Waals surface area contributed by atoms with Gasteiger partial charge < -0.3 is 14.9 Å². The fourth-order valence-electron chi connectivity index (χ4n) is 3.57. The number of carbonyl (C=O) groups is 2. The third-order valence-corrected chi connectivity index (χ3v) is 5.20. The number of aryl methyl sites for hydroxylation is 2. The number of aromatic nitrogens is 2. The van der Waals surface area contributed by atoms with Crippen LogP contribution in [-0.4, -0.2) is 25.7 Å². The molecule has 1 amide bonds. The molecule has 31 heavy (non-hydrogen) atoms. The van der Waals surface area contributed by atoms with Gasteiger partial charge in [-0.1, -0.05) is 30.3 Å². The van der Waals surface area contributed by atoms with Crippen LogP contribution in [-0.2, 0) is 19.5 Å². The Balaban J connectivity index is 1.88. The number of Topliss-reactive ketones (excluding diaryl/α,β-unsaturated/α-hetero) is 1. The van der Waals surface area contributed by atoms with Gasteiger partial charge in [0.15, 0.2) is 5.78 Å². The first kappa shape index (κ1) is 21.7. The van der Waals surface area contributed by atoms with Crippen LogP contribution in [0.5, 0.6) is 0 Å². The first-order chi connectivity index (χ1) is 14.7. The lowest BCUT2D eigenvalue weighted by molar-refractivity contribution is -0.385. The fraction of sp³-hybridized carbons (Fsp3) is 0.227. The SMILES string of the molecule is Cc1cc(C(=O)Cn2cc([N+](=O)[O-])cc(C(N)=O)c2=O)c(C)n1CCc1ccccc1. The summed E-state index contributed by atoms with van der Waals surface area (Å²) < 4.78 is 2.88. The van der Waals surface area contributed by atoms with E-state index in [0.717, 1.165) is 34.6 Å². The van der Waals surface area contributed by atoms with Crippen molar-refractivity contribution in [3.05, 3.63) is 97.2 Å². The van der Waals surface area contributed by atoms with E-state index >= 15 is 0 Å². The van der Waals surface area contributed by atoms with E-state index in [2.05, 4.69) is 0 Å². The van der Waals surface area contributed by atoms with Crippen LogP contribution < -0.4 is 11.3 Å². The lowest BCUT2D eigenvalue weighted by Crippen LogP contribution is -2.31. The van der Waals surface area contributed by atoms with Crippen molar-refractivity contribution in [2.24, 2.45) is 5.73 Å². The van der Waals surface area contributed by atoms with Gasteiger partial charge in [0, 0.05) is 29.6 Å². The molecule has 0 saturated carbocycles. The maximum atomic E-state index is 12.9. The number of rotatable bonds is 8. The molecule has 0 radical (unpaired) electrons. The Morgan fingerprint density at radius 3 is 2.39 bits per heavy atom. The Kier molecular flexibility index (Phi) is 6.15. The molecular formula is C22H22N4O5. The van der Waals surface area contributed by atoms with E-state index in [1.807, 2.05) is 48.7 Å². The van der Waals surface area contributed by atoms with Gasteiger partial charge in [-0.2, -0.15) is 0 Å². The number of nitrogens with two attached hydrogens (primary N) is 1. The molecule has 0 aliphatic rings. The van der Waals surface area contributed by atoms with Crippen LogP contribution in [0.4, 0.5) is 5.69 Å². The number of nitrogens with zero attached hydrogens (tertiary/aromatic N) is 3. The van der Waals surface area contributed by atoms with Crippen LogP contribution in [0.25, 0.3) is 0 Å². The van der Waals surface area contributed by atoms with Crippen LogP contribution >= 0.6 is 0 Å². The molecule has 0 unspecified atom stereocenters. The summed E-state index contributed by atoms with van der Waals surface area (Å²) in [5, 5.41) is 11.1. The molecule has 0 fully saturated rings. The number of benzene rings is 1. The Hall–Kier alpha value is -4.01. The summed E-state index contributed by atoms with van der Waals surface area (Å²) in [6.45, 7) is 3.94. The Labute approximate surface area is 177 Å². The van der Waals surface area contributed by atoms with Crippen molar-refractivity contribution in [1.29, 1.82) is 0 Å². The molecule has 0 atom stereocenters. The Bertz CT molecular complexity index is 1220. The largest absolute Gasteiger partial charge is 0.365 e. The zero-order valence-corrected chi connectivity index (χ0v) is 17.2. The molecule has 1 aromatic carbocycles. The lowest BCUT2D eigenvalue weighted by atomic mass is 10.1. The molecule has 0 spiro atoms. The predicted octanol–water partition coefficient (Wildman–Crippen LogP) is 2.40. The third kappa shape index (κ3) is 4.61. The van der Waals surface area contributed by atoms with Gasteiger partial charge in [-0.15, -0.1) is 0 Å². The van der Waals surface area contributed by atoms with E-state index in [4.69, 9.17) is 5.73 Å². The van der Waals surface area contributed by atoms with Gasteiger partial charge in [0.25, 0.3) is 17.2 Å². The lowest BCUT2D eigenvalue weighted by Gasteiger charge is -2.10. The second-order valence-electron chi connectivity index (χ2n) is 7.26. The van der Waals surface area contributed by atoms with Crippen LogP contribution in [0, 0.1) is 24.0 Å². The molecule has 0 aliphatic heterocycles. The highest BCUT2D eigenvalue weighted by atomic mass is 16.6. The number of nitro groups is 1. The number of hydrogen-bond donors (Lipinski definition) is 1. The van der Waals surface area contributed by atoms with Crippen molar-refractivity contribution in [3.8, 4) is 0 Å². The predicted molar refractivity (Wildman–Crippen MR) is 114 cm³/mol.